The molecule has 0 fully saturated rings. The molecule has 4 aromatic carbocycles. The summed E-state index contributed by atoms with van der Waals surface area (Å²) in [5.74, 6) is -1.63. The Morgan fingerprint density at radius 1 is 0.702 bits per heavy atom. The molecule has 0 atom stereocenters. The number of nitrogens with zero attached hydrogens (tertiary/aromatic N) is 1. The number of fused-ring (bicyclic) bond motifs is 2. The zero-order chi connectivity index (χ0) is 34.2. The van der Waals surface area contributed by atoms with Crippen molar-refractivity contribution in [3.05, 3.63) is 111 Å². The molecule has 4 N–H and O–H groups in total. The van der Waals surface area contributed by atoms with Gasteiger partial charge in [0.05, 0.1) is 32.9 Å². The number of hydrogen-bond acceptors (Lipinski definition) is 10. The molecule has 6 rings (SSSR count). The van der Waals surface area contributed by atoms with Gasteiger partial charge in [-0.05, 0) is 42.0 Å². The minimum absolute atomic E-state index is 0.00241. The fourth-order valence-electron chi connectivity index (χ4n) is 5.63. The lowest BCUT2D eigenvalue weighted by Gasteiger charge is -2.26. The highest BCUT2D eigenvalue weighted by atomic mass is 32.2. The van der Waals surface area contributed by atoms with Gasteiger partial charge in [-0.2, -0.15) is 25.3 Å². The lowest BCUT2D eigenvalue weighted by atomic mass is 9.80. The highest BCUT2D eigenvalue weighted by Crippen LogP contribution is 2.45. The van der Waals surface area contributed by atoms with Crippen LogP contribution in [0.2, 0.25) is 0 Å². The molecule has 0 saturated heterocycles. The van der Waals surface area contributed by atoms with E-state index in [4.69, 9.17) is 0 Å². The molecule has 1 heterocycles. The largest absolute Gasteiger partial charge is 0.353 e. The molecule has 0 saturated carbocycles. The summed E-state index contributed by atoms with van der Waals surface area (Å²) in [7, 11) is -13.6. The monoisotopic (exact) mass is 696 g/mol. The zero-order valence-electron chi connectivity index (χ0n) is 23.7. The van der Waals surface area contributed by atoms with E-state index < -0.39 is 73.4 Å². The van der Waals surface area contributed by atoms with Gasteiger partial charge in [-0.15, -0.1) is 0 Å². The van der Waals surface area contributed by atoms with Crippen molar-refractivity contribution in [2.75, 3.05) is 5.32 Å². The smallest absolute Gasteiger partial charge is 0.296 e. The number of rotatable bonds is 7. The average Bonchev–Trinajstić information content (AvgIpc) is 3.00. The number of aromatic nitrogens is 1. The number of hydrogen-bond donors (Lipinski definition) is 4. The molecular weight excluding hydrogens is 677 g/mol. The van der Waals surface area contributed by atoms with Crippen LogP contribution in [0.3, 0.4) is 0 Å². The van der Waals surface area contributed by atoms with E-state index in [1.54, 1.807) is 6.07 Å². The minimum atomic E-state index is -5.10. The lowest BCUT2D eigenvalue weighted by molar-refractivity contribution is 0.102. The molecule has 17 heteroatoms. The molecule has 14 nitrogen and oxygen atoms in total. The highest BCUT2D eigenvalue weighted by Gasteiger charge is 2.35. The van der Waals surface area contributed by atoms with Crippen LogP contribution in [0.5, 0.6) is 0 Å². The van der Waals surface area contributed by atoms with Gasteiger partial charge in [-0.1, -0.05) is 42.5 Å². The van der Waals surface area contributed by atoms with Gasteiger partial charge in [-0.3, -0.25) is 28.0 Å². The average molecular weight is 697 g/mol. The van der Waals surface area contributed by atoms with Crippen molar-refractivity contribution in [2.24, 2.45) is 7.05 Å². The van der Waals surface area contributed by atoms with E-state index >= 15 is 0 Å². The second-order valence-electron chi connectivity index (χ2n) is 10.4. The summed E-state index contributed by atoms with van der Waals surface area (Å²) in [5.41, 5.74) is -2.53. The molecule has 1 aliphatic carbocycles. The van der Waals surface area contributed by atoms with Crippen LogP contribution in [0.15, 0.2) is 98.3 Å². The van der Waals surface area contributed by atoms with E-state index in [1.165, 1.54) is 49.5 Å². The Labute approximate surface area is 266 Å². The van der Waals surface area contributed by atoms with E-state index in [-0.39, 0.29) is 44.4 Å². The quantitative estimate of drug-likeness (QED) is 0.139. The number of nitrogens with one attached hydrogen (secondary N) is 1. The van der Waals surface area contributed by atoms with Crippen molar-refractivity contribution in [3.8, 4) is 11.1 Å². The minimum Gasteiger partial charge on any atom is -0.353 e. The maximum Gasteiger partial charge on any atom is 0.296 e. The molecule has 1 aromatic heterocycles. The van der Waals surface area contributed by atoms with Gasteiger partial charge in [-0.25, -0.2) is 0 Å². The number of aryl methyl sites for hydroxylation is 1. The van der Waals surface area contributed by atoms with Crippen molar-refractivity contribution < 1.29 is 48.5 Å². The van der Waals surface area contributed by atoms with Gasteiger partial charge in [0.1, 0.15) is 9.79 Å². The Hall–Kier alpha value is -5.04. The summed E-state index contributed by atoms with van der Waals surface area (Å²) in [5, 5.41) is 2.58. The summed E-state index contributed by atoms with van der Waals surface area (Å²) in [6.45, 7) is 0. The predicted molar refractivity (Wildman–Crippen MR) is 167 cm³/mol. The first-order chi connectivity index (χ1) is 21.9. The normalized spacial score (nSPS) is 13.0. The van der Waals surface area contributed by atoms with Crippen LogP contribution < -0.4 is 10.9 Å². The van der Waals surface area contributed by atoms with Gasteiger partial charge in [0.2, 0.25) is 0 Å². The zero-order valence-corrected chi connectivity index (χ0v) is 26.1. The Morgan fingerprint density at radius 2 is 1.30 bits per heavy atom. The number of anilines is 2. The summed E-state index contributed by atoms with van der Waals surface area (Å²) >= 11 is 0. The van der Waals surface area contributed by atoms with Gasteiger partial charge >= 0.3 is 0 Å². The molecule has 0 aliphatic heterocycles. The fourth-order valence-corrected chi connectivity index (χ4v) is 7.56. The maximum absolute atomic E-state index is 14.1. The number of ketones is 2. The molecule has 47 heavy (non-hydrogen) atoms. The molecule has 0 bridgehead atoms. The number of carbonyl (C=O) groups excluding carboxylic acids is 2. The topological polar surface area (TPSA) is 231 Å². The number of carbonyl (C=O) groups is 2. The molecule has 5 aromatic rings. The van der Waals surface area contributed by atoms with Crippen LogP contribution in [0.4, 0.5) is 11.4 Å². The third-order valence-electron chi connectivity index (χ3n) is 7.66. The molecule has 240 valence electrons. The summed E-state index contributed by atoms with van der Waals surface area (Å²) in [4.78, 5) is 39.5. The van der Waals surface area contributed by atoms with Crippen LogP contribution in [0, 0.1) is 0 Å². The van der Waals surface area contributed by atoms with Gasteiger partial charge in [0, 0.05) is 29.1 Å². The summed E-state index contributed by atoms with van der Waals surface area (Å²) < 4.78 is 103. The van der Waals surface area contributed by atoms with E-state index in [0.29, 0.717) is 0 Å². The van der Waals surface area contributed by atoms with Crippen LogP contribution in [0.1, 0.15) is 31.8 Å². The Kier molecular flexibility index (Phi) is 7.31. The second kappa shape index (κ2) is 10.8. The van der Waals surface area contributed by atoms with Gasteiger partial charge in [0.15, 0.2) is 11.6 Å². The van der Waals surface area contributed by atoms with Crippen LogP contribution in [-0.4, -0.2) is 55.0 Å². The van der Waals surface area contributed by atoms with E-state index in [2.05, 4.69) is 5.32 Å². The van der Waals surface area contributed by atoms with Crippen LogP contribution in [-0.2, 0) is 37.4 Å². The second-order valence-corrected chi connectivity index (χ2v) is 14.6. The number of pyridine rings is 1. The molecule has 0 unspecified atom stereocenters. The van der Waals surface area contributed by atoms with Gasteiger partial charge in [0.25, 0.3) is 35.9 Å². The number of benzene rings is 4. The van der Waals surface area contributed by atoms with E-state index in [1.807, 2.05) is 0 Å². The first-order valence-electron chi connectivity index (χ1n) is 13.2. The summed E-state index contributed by atoms with van der Waals surface area (Å²) in [6, 6.07) is 15.6. The molecule has 1 aliphatic rings. The predicted octanol–water partition coefficient (Wildman–Crippen LogP) is 3.46. The highest BCUT2D eigenvalue weighted by molar-refractivity contribution is 7.87. The molecular formula is C30H20N2O12S3. The van der Waals surface area contributed by atoms with E-state index in [9.17, 15) is 53.3 Å². The van der Waals surface area contributed by atoms with Gasteiger partial charge < -0.3 is 9.88 Å². The van der Waals surface area contributed by atoms with Crippen molar-refractivity contribution >= 4 is 64.2 Å². The van der Waals surface area contributed by atoms with Crippen molar-refractivity contribution in [1.82, 2.24) is 4.57 Å². The van der Waals surface area contributed by atoms with Crippen molar-refractivity contribution in [2.45, 2.75) is 14.7 Å². The Morgan fingerprint density at radius 3 is 1.89 bits per heavy atom. The molecule has 0 amide bonds. The van der Waals surface area contributed by atoms with Crippen LogP contribution in [0.25, 0.3) is 22.0 Å². The van der Waals surface area contributed by atoms with E-state index in [0.717, 1.165) is 34.9 Å². The Bertz CT molecular complexity index is 2590. The first-order valence-corrected chi connectivity index (χ1v) is 17.5. The van der Waals surface area contributed by atoms with Crippen molar-refractivity contribution in [1.29, 1.82) is 0 Å². The maximum atomic E-state index is 14.1. The van der Waals surface area contributed by atoms with Crippen LogP contribution >= 0.6 is 0 Å². The lowest BCUT2D eigenvalue weighted by Crippen LogP contribution is -2.29. The number of para-hydroxylation sites is 1. The summed E-state index contributed by atoms with van der Waals surface area (Å²) in [6.07, 6.45) is 0. The third kappa shape index (κ3) is 5.24. The SMILES string of the molecule is Cn1c(=O)c(C(=O)c2cccc(S(=O)(=O)O)c2)c2c3c(c(Nc4c(S(=O)(=O)O)cccc4S(=O)(=O)O)ccc31)C(=O)c1ccccc1-2. The van der Waals surface area contributed by atoms with Crippen molar-refractivity contribution in [3.63, 3.8) is 0 Å². The fraction of sp³-hybridized carbons (Fsp3) is 0.0333. The standard InChI is InChI=1S/C30H20N2O12S3/c1-32-20-13-12-19(31-27-21(46(39,40)41)10-5-11-22(27)47(42,43)44)24-25(20)23(17-8-2-3-9-18(17)29(24)34)26(30(32)35)28(33)15-6-4-7-16(14-15)45(36,37)38/h2-14,31H,1H3,(H,36,37,38)(H,39,40,41)(H,42,43,44). The molecule has 0 spiro atoms. The molecule has 0 radical (unpaired) electrons. The Balaban J connectivity index is 1.73. The third-order valence-corrected chi connectivity index (χ3v) is 10.3. The first kappa shape index (κ1) is 31.9.